The largest absolute Gasteiger partial charge is 0.508 e. The Morgan fingerprint density at radius 1 is 0.594 bits per heavy atom. The molecule has 0 spiro atoms. The molecule has 0 aromatic heterocycles. The van der Waals surface area contributed by atoms with E-state index in [-0.39, 0.29) is 11.5 Å². The Kier molecular flexibility index (Phi) is 6.73. The minimum Gasteiger partial charge on any atom is -0.508 e. The van der Waals surface area contributed by atoms with Crippen molar-refractivity contribution in [3.05, 3.63) is 119 Å². The van der Waals surface area contributed by atoms with E-state index < -0.39 is 0 Å². The van der Waals surface area contributed by atoms with Gasteiger partial charge in [-0.15, -0.1) is 0 Å². The molecule has 0 saturated heterocycles. The Hall–Kier alpha value is -4.18. The zero-order valence-corrected chi connectivity index (χ0v) is 17.7. The summed E-state index contributed by atoms with van der Waals surface area (Å²) in [6, 6.07) is 30.9. The number of anilines is 2. The third kappa shape index (κ3) is 5.49. The Balaban J connectivity index is 1.56. The number of phenols is 2. The molecule has 0 unspecified atom stereocenters. The molecule has 4 aromatic carbocycles. The van der Waals surface area contributed by atoms with Gasteiger partial charge in [-0.3, -0.25) is 0 Å². The molecule has 160 valence electrons. The lowest BCUT2D eigenvalue weighted by Gasteiger charge is -2.14. The molecule has 32 heavy (non-hydrogen) atoms. The second-order valence-electron chi connectivity index (χ2n) is 7.51. The molecule has 0 heterocycles. The molecule has 0 atom stereocenters. The van der Waals surface area contributed by atoms with Gasteiger partial charge in [-0.25, -0.2) is 0 Å². The average Bonchev–Trinajstić information content (AvgIpc) is 2.83. The highest BCUT2D eigenvalue weighted by Gasteiger charge is 2.06. The predicted molar refractivity (Wildman–Crippen MR) is 133 cm³/mol. The van der Waals surface area contributed by atoms with Crippen LogP contribution in [0.15, 0.2) is 97.1 Å². The van der Waals surface area contributed by atoms with Crippen molar-refractivity contribution in [2.24, 2.45) is 0 Å². The van der Waals surface area contributed by atoms with Gasteiger partial charge in [0.1, 0.15) is 11.5 Å². The highest BCUT2D eigenvalue weighted by atomic mass is 16.3. The van der Waals surface area contributed by atoms with Crippen LogP contribution in [0.5, 0.6) is 11.5 Å². The van der Waals surface area contributed by atoms with E-state index in [4.69, 9.17) is 0 Å². The highest BCUT2D eigenvalue weighted by Crippen LogP contribution is 2.26. The van der Waals surface area contributed by atoms with Gasteiger partial charge >= 0.3 is 0 Å². The van der Waals surface area contributed by atoms with Crippen molar-refractivity contribution in [3.8, 4) is 11.5 Å². The van der Waals surface area contributed by atoms with Crippen molar-refractivity contribution in [3.63, 3.8) is 0 Å². The van der Waals surface area contributed by atoms with Gasteiger partial charge < -0.3 is 20.8 Å². The Labute approximate surface area is 188 Å². The first-order valence-corrected chi connectivity index (χ1v) is 10.6. The number of nitrogens with one attached hydrogen (secondary N) is 2. The number of phenolic OH excluding ortho intramolecular Hbond substituents is 2. The maximum Gasteiger partial charge on any atom is 0.120 e. The van der Waals surface area contributed by atoms with Gasteiger partial charge in [0.2, 0.25) is 0 Å². The lowest BCUT2D eigenvalue weighted by Crippen LogP contribution is -2.04. The summed E-state index contributed by atoms with van der Waals surface area (Å²) in [4.78, 5) is 0. The summed E-state index contributed by atoms with van der Waals surface area (Å²) in [7, 11) is 0. The molecule has 0 bridgehead atoms. The summed E-state index contributed by atoms with van der Waals surface area (Å²) in [5, 5.41) is 27.0. The molecule has 0 aliphatic rings. The standard InChI is InChI=1S/C28H26N2O2/c31-27-12-6-4-10-23(27)19-29-25-17-16-22(15-14-21-8-2-1-3-9-21)26(18-25)30-20-24-11-5-7-13-28(24)32/h1-18,29-32H,19-20H2/b15-14+. The molecule has 0 saturated carbocycles. The van der Waals surface area contributed by atoms with Crippen LogP contribution in [-0.4, -0.2) is 10.2 Å². The van der Waals surface area contributed by atoms with Gasteiger partial charge in [-0.2, -0.15) is 0 Å². The van der Waals surface area contributed by atoms with Crippen LogP contribution in [-0.2, 0) is 13.1 Å². The lowest BCUT2D eigenvalue weighted by atomic mass is 10.1. The third-order valence-corrected chi connectivity index (χ3v) is 5.24. The summed E-state index contributed by atoms with van der Waals surface area (Å²) >= 11 is 0. The van der Waals surface area contributed by atoms with Crippen LogP contribution < -0.4 is 10.6 Å². The zero-order chi connectivity index (χ0) is 22.2. The van der Waals surface area contributed by atoms with Crippen LogP contribution in [0.4, 0.5) is 11.4 Å². The Morgan fingerprint density at radius 2 is 1.19 bits per heavy atom. The molecule has 0 amide bonds. The number of para-hydroxylation sites is 2. The average molecular weight is 423 g/mol. The molecule has 0 fully saturated rings. The lowest BCUT2D eigenvalue weighted by molar-refractivity contribution is 0.468. The smallest absolute Gasteiger partial charge is 0.120 e. The minimum absolute atomic E-state index is 0.273. The van der Waals surface area contributed by atoms with E-state index in [1.54, 1.807) is 12.1 Å². The van der Waals surface area contributed by atoms with E-state index in [0.717, 1.165) is 33.6 Å². The molecule has 4 N–H and O–H groups in total. The maximum absolute atomic E-state index is 10.1. The first kappa shape index (κ1) is 21.1. The molecule has 0 aliphatic carbocycles. The molecule has 4 heteroatoms. The van der Waals surface area contributed by atoms with E-state index in [9.17, 15) is 10.2 Å². The van der Waals surface area contributed by atoms with E-state index in [1.165, 1.54) is 0 Å². The van der Waals surface area contributed by atoms with Crippen LogP contribution in [0.1, 0.15) is 22.3 Å². The number of hydrogen-bond donors (Lipinski definition) is 4. The van der Waals surface area contributed by atoms with E-state index in [1.807, 2.05) is 66.7 Å². The maximum atomic E-state index is 10.1. The van der Waals surface area contributed by atoms with E-state index in [0.29, 0.717) is 13.1 Å². The number of benzene rings is 4. The van der Waals surface area contributed by atoms with Gasteiger partial charge in [0.05, 0.1) is 0 Å². The van der Waals surface area contributed by atoms with Gasteiger partial charge in [0.15, 0.2) is 0 Å². The normalized spacial score (nSPS) is 10.9. The summed E-state index contributed by atoms with van der Waals surface area (Å²) in [5.41, 5.74) is 5.72. The van der Waals surface area contributed by atoms with Crippen LogP contribution in [0.2, 0.25) is 0 Å². The Morgan fingerprint density at radius 3 is 1.84 bits per heavy atom. The molecular formula is C28H26N2O2. The Bertz CT molecular complexity index is 1200. The number of hydrogen-bond acceptors (Lipinski definition) is 4. The van der Waals surface area contributed by atoms with Gasteiger partial charge in [-0.05, 0) is 35.4 Å². The van der Waals surface area contributed by atoms with Crippen LogP contribution in [0, 0.1) is 0 Å². The number of aromatic hydroxyl groups is 2. The second-order valence-corrected chi connectivity index (χ2v) is 7.51. The first-order valence-electron chi connectivity index (χ1n) is 10.6. The second kappa shape index (κ2) is 10.2. The summed E-state index contributed by atoms with van der Waals surface area (Å²) in [6.07, 6.45) is 4.16. The van der Waals surface area contributed by atoms with Gasteiger partial charge in [0, 0.05) is 35.6 Å². The van der Waals surface area contributed by atoms with Crippen molar-refractivity contribution in [1.29, 1.82) is 0 Å². The summed E-state index contributed by atoms with van der Waals surface area (Å²) in [5.74, 6) is 0.551. The van der Waals surface area contributed by atoms with E-state index >= 15 is 0 Å². The van der Waals surface area contributed by atoms with Gasteiger partial charge in [-0.1, -0.05) is 84.9 Å². The summed E-state index contributed by atoms with van der Waals surface area (Å²) < 4.78 is 0. The summed E-state index contributed by atoms with van der Waals surface area (Å²) in [6.45, 7) is 1.02. The fourth-order valence-electron chi connectivity index (χ4n) is 3.42. The topological polar surface area (TPSA) is 64.5 Å². The molecule has 4 nitrogen and oxygen atoms in total. The molecule has 0 aliphatic heterocycles. The van der Waals surface area contributed by atoms with Crippen molar-refractivity contribution < 1.29 is 10.2 Å². The van der Waals surface area contributed by atoms with Crippen LogP contribution in [0.3, 0.4) is 0 Å². The highest BCUT2D eigenvalue weighted by molar-refractivity contribution is 5.78. The van der Waals surface area contributed by atoms with Crippen molar-refractivity contribution in [1.82, 2.24) is 0 Å². The van der Waals surface area contributed by atoms with Gasteiger partial charge in [0.25, 0.3) is 0 Å². The van der Waals surface area contributed by atoms with E-state index in [2.05, 4.69) is 41.0 Å². The first-order chi connectivity index (χ1) is 15.7. The zero-order valence-electron chi connectivity index (χ0n) is 17.7. The minimum atomic E-state index is 0.273. The molecule has 4 aromatic rings. The quantitative estimate of drug-likeness (QED) is 0.245. The molecule has 0 radical (unpaired) electrons. The molecular weight excluding hydrogens is 396 g/mol. The predicted octanol–water partition coefficient (Wildman–Crippen LogP) is 6.49. The van der Waals surface area contributed by atoms with Crippen molar-refractivity contribution in [2.45, 2.75) is 13.1 Å². The molecule has 4 rings (SSSR count). The van der Waals surface area contributed by atoms with Crippen LogP contribution >= 0.6 is 0 Å². The fraction of sp³-hybridized carbons (Fsp3) is 0.0714. The number of rotatable bonds is 8. The fourth-order valence-corrected chi connectivity index (χ4v) is 3.42. The van der Waals surface area contributed by atoms with Crippen molar-refractivity contribution >= 4 is 23.5 Å². The monoisotopic (exact) mass is 422 g/mol. The van der Waals surface area contributed by atoms with Crippen LogP contribution in [0.25, 0.3) is 12.2 Å². The van der Waals surface area contributed by atoms with Crippen molar-refractivity contribution in [2.75, 3.05) is 10.6 Å². The SMILES string of the molecule is Oc1ccccc1CNc1ccc(/C=C/c2ccccc2)c(NCc2ccccc2O)c1. The third-order valence-electron chi connectivity index (χ3n) is 5.24.